The molecule has 0 aromatic rings. The summed E-state index contributed by atoms with van der Waals surface area (Å²) in [5.41, 5.74) is 0. The molecule has 6 heteroatoms. The topological polar surface area (TPSA) is 27.1 Å². The highest BCUT2D eigenvalue weighted by Crippen LogP contribution is 2.25. The normalized spacial score (nSPS) is 19.2. The zero-order valence-corrected chi connectivity index (χ0v) is 7.57. The van der Waals surface area contributed by atoms with Gasteiger partial charge in [-0.1, -0.05) is 0 Å². The largest absolute Gasteiger partial charge is 0.354 e. The van der Waals surface area contributed by atoms with Crippen molar-refractivity contribution in [3.05, 3.63) is 0 Å². The molecular weight excluding hydrogens is 200 g/mol. The number of nitrogens with one attached hydrogen (secondary N) is 1. The molecule has 1 aliphatic rings. The number of alkyl halides is 4. The van der Waals surface area contributed by atoms with Crippen LogP contribution in [-0.4, -0.2) is 36.2 Å². The predicted octanol–water partition coefficient (Wildman–Crippen LogP) is 2.35. The highest BCUT2D eigenvalue weighted by molar-refractivity contribution is 5.79. The Labute approximate surface area is 79.4 Å². The van der Waals surface area contributed by atoms with Crippen LogP contribution in [0.4, 0.5) is 17.6 Å². The first-order chi connectivity index (χ1) is 6.43. The first-order valence-electron chi connectivity index (χ1n) is 4.42. The summed E-state index contributed by atoms with van der Waals surface area (Å²) in [6, 6.07) is 0. The summed E-state index contributed by atoms with van der Waals surface area (Å²) in [5.74, 6) is -3.97. The minimum absolute atomic E-state index is 0.0385. The van der Waals surface area contributed by atoms with Crippen LogP contribution in [0.25, 0.3) is 0 Å². The molecule has 0 aliphatic carbocycles. The Morgan fingerprint density at radius 2 is 2.00 bits per heavy atom. The third-order valence-electron chi connectivity index (χ3n) is 2.19. The Hall–Kier alpha value is -0.810. The number of rotatable bonds is 3. The van der Waals surface area contributed by atoms with Crippen LogP contribution in [0, 0.1) is 5.41 Å². The number of hydrogen-bond acceptors (Lipinski definition) is 1. The molecule has 0 spiro atoms. The first kappa shape index (κ1) is 11.3. The molecule has 2 nitrogen and oxygen atoms in total. The lowest BCUT2D eigenvalue weighted by Gasteiger charge is -2.32. The van der Waals surface area contributed by atoms with Gasteiger partial charge in [0.1, 0.15) is 0 Å². The molecule has 1 fully saturated rings. The average Bonchev–Trinajstić information content (AvgIpc) is 2.08. The molecule has 0 amide bonds. The summed E-state index contributed by atoms with van der Waals surface area (Å²) in [4.78, 5) is 1.04. The van der Waals surface area contributed by atoms with Gasteiger partial charge >= 0.3 is 12.3 Å². The van der Waals surface area contributed by atoms with E-state index in [4.69, 9.17) is 5.41 Å². The van der Waals surface area contributed by atoms with Crippen molar-refractivity contribution in [2.45, 2.75) is 31.6 Å². The van der Waals surface area contributed by atoms with Gasteiger partial charge in [-0.2, -0.15) is 8.78 Å². The van der Waals surface area contributed by atoms with Gasteiger partial charge in [-0.05, 0) is 12.8 Å². The van der Waals surface area contributed by atoms with Crippen LogP contribution in [0.5, 0.6) is 0 Å². The van der Waals surface area contributed by atoms with Crippen molar-refractivity contribution >= 4 is 5.84 Å². The fourth-order valence-electron chi connectivity index (χ4n) is 1.39. The second kappa shape index (κ2) is 4.14. The minimum atomic E-state index is -4.01. The van der Waals surface area contributed by atoms with Crippen molar-refractivity contribution in [3.8, 4) is 0 Å². The predicted molar refractivity (Wildman–Crippen MR) is 44.1 cm³/mol. The summed E-state index contributed by atoms with van der Waals surface area (Å²) in [5, 5.41) is 7.31. The maximum absolute atomic E-state index is 12.6. The number of nitrogens with zero attached hydrogens (tertiary/aromatic N) is 1. The Balaban J connectivity index is 2.53. The first-order valence-corrected chi connectivity index (χ1v) is 4.42. The van der Waals surface area contributed by atoms with Crippen LogP contribution < -0.4 is 0 Å². The SMILES string of the molecule is N=C1CCCCN1CC(F)(F)C(F)F. The Kier molecular flexibility index (Phi) is 3.34. The van der Waals surface area contributed by atoms with E-state index in [9.17, 15) is 17.6 Å². The molecular formula is C8H12F4N2. The zero-order valence-electron chi connectivity index (χ0n) is 7.57. The third-order valence-corrected chi connectivity index (χ3v) is 2.19. The van der Waals surface area contributed by atoms with E-state index in [0.717, 1.165) is 11.3 Å². The zero-order chi connectivity index (χ0) is 10.8. The van der Waals surface area contributed by atoms with Crippen LogP contribution in [0.2, 0.25) is 0 Å². The van der Waals surface area contributed by atoms with Gasteiger partial charge in [0.05, 0.1) is 12.4 Å². The van der Waals surface area contributed by atoms with Gasteiger partial charge in [0, 0.05) is 13.0 Å². The van der Waals surface area contributed by atoms with Gasteiger partial charge in [-0.3, -0.25) is 5.41 Å². The lowest BCUT2D eigenvalue weighted by Crippen LogP contribution is -2.46. The van der Waals surface area contributed by atoms with E-state index in [2.05, 4.69) is 0 Å². The Morgan fingerprint density at radius 3 is 2.50 bits per heavy atom. The number of likely N-dealkylation sites (tertiary alicyclic amines) is 1. The molecule has 82 valence electrons. The second-order valence-corrected chi connectivity index (χ2v) is 3.39. The molecule has 0 atom stereocenters. The minimum Gasteiger partial charge on any atom is -0.354 e. The van der Waals surface area contributed by atoms with E-state index in [1.54, 1.807) is 0 Å². The number of hydrogen-bond donors (Lipinski definition) is 1. The van der Waals surface area contributed by atoms with Gasteiger partial charge in [-0.25, -0.2) is 8.78 Å². The summed E-state index contributed by atoms with van der Waals surface area (Å²) in [6.45, 7) is -0.759. The monoisotopic (exact) mass is 212 g/mol. The lowest BCUT2D eigenvalue weighted by atomic mass is 10.1. The Morgan fingerprint density at radius 1 is 1.36 bits per heavy atom. The van der Waals surface area contributed by atoms with E-state index in [-0.39, 0.29) is 12.4 Å². The smallest absolute Gasteiger partial charge is 0.324 e. The summed E-state index contributed by atoms with van der Waals surface area (Å²) in [6.07, 6.45) is -1.80. The van der Waals surface area contributed by atoms with E-state index in [1.807, 2.05) is 0 Å². The van der Waals surface area contributed by atoms with Crippen LogP contribution in [0.1, 0.15) is 19.3 Å². The standard InChI is InChI=1S/C8H12F4N2/c9-7(10)8(11,12)5-14-4-2-1-3-6(14)13/h7,13H,1-5H2. The van der Waals surface area contributed by atoms with Crippen molar-refractivity contribution in [2.24, 2.45) is 0 Å². The maximum Gasteiger partial charge on any atom is 0.324 e. The van der Waals surface area contributed by atoms with E-state index in [1.165, 1.54) is 0 Å². The summed E-state index contributed by atoms with van der Waals surface area (Å²) < 4.78 is 48.9. The second-order valence-electron chi connectivity index (χ2n) is 3.39. The van der Waals surface area contributed by atoms with Gasteiger partial charge in [0.25, 0.3) is 0 Å². The molecule has 14 heavy (non-hydrogen) atoms. The fourth-order valence-corrected chi connectivity index (χ4v) is 1.39. The van der Waals surface area contributed by atoms with Crippen LogP contribution in [0.3, 0.4) is 0 Å². The highest BCUT2D eigenvalue weighted by Gasteiger charge is 2.43. The average molecular weight is 212 g/mol. The lowest BCUT2D eigenvalue weighted by molar-refractivity contribution is -0.136. The number of piperidine rings is 1. The molecule has 1 aliphatic heterocycles. The van der Waals surface area contributed by atoms with Gasteiger partial charge < -0.3 is 4.90 Å². The molecule has 0 unspecified atom stereocenters. The van der Waals surface area contributed by atoms with Crippen LogP contribution in [0.15, 0.2) is 0 Å². The fraction of sp³-hybridized carbons (Fsp3) is 0.875. The third kappa shape index (κ3) is 2.59. The highest BCUT2D eigenvalue weighted by atomic mass is 19.3. The van der Waals surface area contributed by atoms with E-state index < -0.39 is 18.9 Å². The molecule has 1 N–H and O–H groups in total. The molecule has 0 aromatic carbocycles. The quantitative estimate of drug-likeness (QED) is 0.714. The number of amidine groups is 1. The molecule has 0 radical (unpaired) electrons. The molecule has 1 saturated heterocycles. The van der Waals surface area contributed by atoms with Crippen molar-refractivity contribution in [1.82, 2.24) is 4.90 Å². The van der Waals surface area contributed by atoms with E-state index >= 15 is 0 Å². The van der Waals surface area contributed by atoms with Gasteiger partial charge in [0.15, 0.2) is 0 Å². The van der Waals surface area contributed by atoms with Crippen molar-refractivity contribution in [2.75, 3.05) is 13.1 Å². The summed E-state index contributed by atoms with van der Waals surface area (Å²) >= 11 is 0. The molecule has 1 heterocycles. The maximum atomic E-state index is 12.6. The van der Waals surface area contributed by atoms with Gasteiger partial charge in [-0.15, -0.1) is 0 Å². The van der Waals surface area contributed by atoms with E-state index in [0.29, 0.717) is 12.8 Å². The van der Waals surface area contributed by atoms with Gasteiger partial charge in [0.2, 0.25) is 0 Å². The van der Waals surface area contributed by atoms with Crippen LogP contribution >= 0.6 is 0 Å². The molecule has 1 rings (SSSR count). The Bertz CT molecular complexity index is 217. The van der Waals surface area contributed by atoms with Crippen LogP contribution in [-0.2, 0) is 0 Å². The number of halogens is 4. The van der Waals surface area contributed by atoms with Crippen molar-refractivity contribution in [1.29, 1.82) is 5.41 Å². The van der Waals surface area contributed by atoms with Crippen molar-refractivity contribution < 1.29 is 17.6 Å². The molecule has 0 aromatic heterocycles. The summed E-state index contributed by atoms with van der Waals surface area (Å²) in [7, 11) is 0. The molecule has 0 saturated carbocycles. The van der Waals surface area contributed by atoms with Crippen molar-refractivity contribution in [3.63, 3.8) is 0 Å². The molecule has 0 bridgehead atoms.